The molecule has 0 spiro atoms. The zero-order valence-corrected chi connectivity index (χ0v) is 9.31. The van der Waals surface area contributed by atoms with E-state index in [1.165, 1.54) is 6.07 Å². The number of non-ortho nitro benzene ring substituents is 1. The lowest BCUT2D eigenvalue weighted by molar-refractivity contribution is -0.383. The Kier molecular flexibility index (Phi) is 2.37. The predicted octanol–water partition coefficient (Wildman–Crippen LogP) is 0.702. The molecule has 0 saturated carbocycles. The highest BCUT2D eigenvalue weighted by molar-refractivity contribution is 5.93. The SMILES string of the molecule is O=[N+]([O-])c1ccc(N2CC[C@@H](O)C2)c2nonc12. The number of aromatic nitrogens is 2. The first-order valence-electron chi connectivity index (χ1n) is 5.49. The van der Waals surface area contributed by atoms with E-state index in [-0.39, 0.29) is 17.3 Å². The molecule has 2 heterocycles. The summed E-state index contributed by atoms with van der Waals surface area (Å²) in [6, 6.07) is 3.00. The highest BCUT2D eigenvalue weighted by Crippen LogP contribution is 2.32. The maximum Gasteiger partial charge on any atom is 0.300 e. The van der Waals surface area contributed by atoms with E-state index < -0.39 is 4.92 Å². The quantitative estimate of drug-likeness (QED) is 0.617. The topological polar surface area (TPSA) is 106 Å². The number of aliphatic hydroxyl groups excluding tert-OH is 1. The summed E-state index contributed by atoms with van der Waals surface area (Å²) < 4.78 is 4.59. The number of fused-ring (bicyclic) bond motifs is 1. The summed E-state index contributed by atoms with van der Waals surface area (Å²) >= 11 is 0. The van der Waals surface area contributed by atoms with Crippen LogP contribution in [0.15, 0.2) is 16.8 Å². The van der Waals surface area contributed by atoms with E-state index in [1.807, 2.05) is 4.90 Å². The first kappa shape index (κ1) is 10.9. The number of benzene rings is 1. The number of anilines is 1. The molecular formula is C10H10N4O4. The molecule has 18 heavy (non-hydrogen) atoms. The minimum absolute atomic E-state index is 0.130. The van der Waals surface area contributed by atoms with Gasteiger partial charge in [-0.1, -0.05) is 0 Å². The van der Waals surface area contributed by atoms with E-state index in [4.69, 9.17) is 0 Å². The number of β-amino-alcohol motifs (C(OH)–C–C–N with tert-alkyl or cyclic N) is 1. The standard InChI is InChI=1S/C10H10N4O4/c15-6-3-4-13(5-6)7-1-2-8(14(16)17)10-9(7)11-18-12-10/h1-2,6,15H,3-5H2/t6-/m1/s1. The Morgan fingerprint density at radius 1 is 1.44 bits per heavy atom. The minimum Gasteiger partial charge on any atom is -0.391 e. The molecular weight excluding hydrogens is 240 g/mol. The highest BCUT2D eigenvalue weighted by Gasteiger charge is 2.26. The summed E-state index contributed by atoms with van der Waals surface area (Å²) in [7, 11) is 0. The fourth-order valence-electron chi connectivity index (χ4n) is 2.20. The summed E-state index contributed by atoms with van der Waals surface area (Å²) in [4.78, 5) is 12.2. The van der Waals surface area contributed by atoms with Crippen LogP contribution in [0.1, 0.15) is 6.42 Å². The lowest BCUT2D eigenvalue weighted by Crippen LogP contribution is -2.21. The molecule has 0 aliphatic carbocycles. The van der Waals surface area contributed by atoms with E-state index in [9.17, 15) is 15.2 Å². The second kappa shape index (κ2) is 3.91. The van der Waals surface area contributed by atoms with Crippen molar-refractivity contribution >= 4 is 22.4 Å². The number of rotatable bonds is 2. The zero-order chi connectivity index (χ0) is 12.7. The average molecular weight is 250 g/mol. The number of hydrogen-bond donors (Lipinski definition) is 1. The predicted molar refractivity (Wildman–Crippen MR) is 61.3 cm³/mol. The molecule has 1 N–H and O–H groups in total. The van der Waals surface area contributed by atoms with Crippen molar-refractivity contribution in [3.63, 3.8) is 0 Å². The summed E-state index contributed by atoms with van der Waals surface area (Å²) in [5, 5.41) is 27.6. The summed E-state index contributed by atoms with van der Waals surface area (Å²) in [5.41, 5.74) is 1.07. The van der Waals surface area contributed by atoms with Gasteiger partial charge in [-0.3, -0.25) is 10.1 Å². The second-order valence-corrected chi connectivity index (χ2v) is 4.21. The Labute approximate surface area is 101 Å². The summed E-state index contributed by atoms with van der Waals surface area (Å²) in [6.07, 6.45) is 0.291. The monoisotopic (exact) mass is 250 g/mol. The molecule has 1 atom stereocenters. The van der Waals surface area contributed by atoms with Gasteiger partial charge >= 0.3 is 5.69 Å². The lowest BCUT2D eigenvalue weighted by atomic mass is 10.2. The third-order valence-electron chi connectivity index (χ3n) is 3.07. The fourth-order valence-corrected chi connectivity index (χ4v) is 2.20. The van der Waals surface area contributed by atoms with Crippen molar-refractivity contribution in [3.05, 3.63) is 22.2 Å². The van der Waals surface area contributed by atoms with Crippen LogP contribution in [-0.2, 0) is 0 Å². The third-order valence-corrected chi connectivity index (χ3v) is 3.07. The molecule has 0 unspecified atom stereocenters. The van der Waals surface area contributed by atoms with Gasteiger partial charge in [0.15, 0.2) is 5.52 Å². The van der Waals surface area contributed by atoms with Crippen molar-refractivity contribution < 1.29 is 14.7 Å². The minimum atomic E-state index is -0.519. The van der Waals surface area contributed by atoms with Crippen LogP contribution in [0.2, 0.25) is 0 Å². The van der Waals surface area contributed by atoms with Crippen molar-refractivity contribution in [3.8, 4) is 0 Å². The van der Waals surface area contributed by atoms with Crippen LogP contribution in [0.25, 0.3) is 11.0 Å². The fraction of sp³-hybridized carbons (Fsp3) is 0.400. The van der Waals surface area contributed by atoms with Gasteiger partial charge in [0.1, 0.15) is 0 Å². The molecule has 8 nitrogen and oxygen atoms in total. The van der Waals surface area contributed by atoms with E-state index in [1.54, 1.807) is 6.07 Å². The van der Waals surface area contributed by atoms with Crippen molar-refractivity contribution in [2.45, 2.75) is 12.5 Å². The van der Waals surface area contributed by atoms with Crippen LogP contribution < -0.4 is 4.90 Å². The number of hydrogen-bond acceptors (Lipinski definition) is 7. The van der Waals surface area contributed by atoms with Crippen molar-refractivity contribution in [2.24, 2.45) is 0 Å². The largest absolute Gasteiger partial charge is 0.391 e. The van der Waals surface area contributed by atoms with Gasteiger partial charge in [-0.05, 0) is 22.8 Å². The number of nitro benzene ring substituents is 1. The maximum absolute atomic E-state index is 10.8. The number of aliphatic hydroxyl groups is 1. The van der Waals surface area contributed by atoms with Gasteiger partial charge in [-0.25, -0.2) is 4.63 Å². The summed E-state index contributed by atoms with van der Waals surface area (Å²) in [5.74, 6) is 0. The molecule has 0 amide bonds. The number of nitro groups is 1. The molecule has 94 valence electrons. The van der Waals surface area contributed by atoms with Gasteiger partial charge < -0.3 is 10.0 Å². The smallest absolute Gasteiger partial charge is 0.300 e. The van der Waals surface area contributed by atoms with Gasteiger partial charge in [0, 0.05) is 19.2 Å². The lowest BCUT2D eigenvalue weighted by Gasteiger charge is -2.17. The van der Waals surface area contributed by atoms with Crippen molar-refractivity contribution in [1.29, 1.82) is 0 Å². The average Bonchev–Trinajstić information content (AvgIpc) is 2.95. The van der Waals surface area contributed by atoms with Crippen molar-refractivity contribution in [1.82, 2.24) is 10.3 Å². The van der Waals surface area contributed by atoms with Gasteiger partial charge in [-0.15, -0.1) is 0 Å². The molecule has 1 fully saturated rings. The van der Waals surface area contributed by atoms with Gasteiger partial charge in [0.25, 0.3) is 0 Å². The maximum atomic E-state index is 10.8. The van der Waals surface area contributed by atoms with E-state index in [2.05, 4.69) is 14.9 Å². The van der Waals surface area contributed by atoms with Crippen LogP contribution in [0.4, 0.5) is 11.4 Å². The van der Waals surface area contributed by atoms with E-state index in [0.29, 0.717) is 30.7 Å². The van der Waals surface area contributed by atoms with Crippen molar-refractivity contribution in [2.75, 3.05) is 18.0 Å². The van der Waals surface area contributed by atoms with Crippen LogP contribution in [0.3, 0.4) is 0 Å². The molecule has 1 aliphatic rings. The highest BCUT2D eigenvalue weighted by atomic mass is 16.6. The molecule has 1 aliphatic heterocycles. The first-order chi connectivity index (χ1) is 8.66. The molecule has 2 aromatic rings. The molecule has 1 aromatic heterocycles. The molecule has 0 bridgehead atoms. The van der Waals surface area contributed by atoms with E-state index in [0.717, 1.165) is 0 Å². The molecule has 8 heteroatoms. The molecule has 1 saturated heterocycles. The van der Waals surface area contributed by atoms with Gasteiger partial charge in [0.05, 0.1) is 16.7 Å². The number of nitrogens with zero attached hydrogens (tertiary/aromatic N) is 4. The van der Waals surface area contributed by atoms with Crippen LogP contribution in [0, 0.1) is 10.1 Å². The molecule has 3 rings (SSSR count). The zero-order valence-electron chi connectivity index (χ0n) is 9.31. The van der Waals surface area contributed by atoms with E-state index >= 15 is 0 Å². The first-order valence-corrected chi connectivity index (χ1v) is 5.49. The van der Waals surface area contributed by atoms with Crippen LogP contribution in [-0.4, -0.2) is 39.5 Å². The van der Waals surface area contributed by atoms with Gasteiger partial charge in [0.2, 0.25) is 5.52 Å². The normalized spacial score (nSPS) is 19.6. The Hall–Kier alpha value is -2.22. The Morgan fingerprint density at radius 3 is 2.89 bits per heavy atom. The van der Waals surface area contributed by atoms with Crippen LogP contribution >= 0.6 is 0 Å². The molecule has 0 radical (unpaired) electrons. The van der Waals surface area contributed by atoms with Crippen LogP contribution in [0.5, 0.6) is 0 Å². The molecule has 1 aromatic carbocycles. The third kappa shape index (κ3) is 1.58. The Balaban J connectivity index is 2.12. The second-order valence-electron chi connectivity index (χ2n) is 4.21. The Bertz CT molecular complexity index is 611. The Morgan fingerprint density at radius 2 is 2.22 bits per heavy atom. The summed E-state index contributed by atoms with van der Waals surface area (Å²) in [6.45, 7) is 1.17. The van der Waals surface area contributed by atoms with Gasteiger partial charge in [-0.2, -0.15) is 0 Å².